The number of aliphatic hydroxyl groups is 2. The molecule has 2 heterocycles. The average Bonchev–Trinajstić information content (AvgIpc) is 3.50. The standard InChI is InChI=1S/C29H38O6/c1-14-18-15(30)12-26(5)21(25(18,4)11-16(31)19(14)32)20-22(34-20)29-17-13-24(2,3)7-9-28(17,23(33)35-29)10-8-27(26,29)6/h11,15,17,20-22,30-31H,7-10,12-13H2,1-6H3. The summed E-state index contributed by atoms with van der Waals surface area (Å²) in [6.45, 7) is 12.9. The summed E-state index contributed by atoms with van der Waals surface area (Å²) in [5.74, 6) is -0.598. The zero-order chi connectivity index (χ0) is 25.1. The van der Waals surface area contributed by atoms with Gasteiger partial charge in [-0.15, -0.1) is 0 Å². The van der Waals surface area contributed by atoms with Crippen LogP contribution >= 0.6 is 0 Å². The van der Waals surface area contributed by atoms with Crippen LogP contribution in [-0.2, 0) is 19.1 Å². The Kier molecular flexibility index (Phi) is 3.80. The van der Waals surface area contributed by atoms with Gasteiger partial charge in [-0.05, 0) is 67.9 Å². The van der Waals surface area contributed by atoms with Gasteiger partial charge in [0.05, 0.1) is 17.6 Å². The van der Waals surface area contributed by atoms with Crippen molar-refractivity contribution >= 4 is 11.8 Å². The van der Waals surface area contributed by atoms with E-state index in [-0.39, 0.29) is 41.2 Å². The highest BCUT2D eigenvalue weighted by atomic mass is 16.6. The maximum absolute atomic E-state index is 13.7. The molecule has 6 nitrogen and oxygen atoms in total. The molecule has 4 saturated carbocycles. The van der Waals surface area contributed by atoms with Gasteiger partial charge in [0.1, 0.15) is 6.10 Å². The number of ketones is 1. The molecule has 2 aliphatic heterocycles. The third kappa shape index (κ3) is 2.13. The molecule has 10 atom stereocenters. The number of hydrogen-bond donors (Lipinski definition) is 2. The molecule has 0 amide bonds. The first-order valence-corrected chi connectivity index (χ1v) is 13.4. The normalized spacial score (nSPS) is 57.2. The minimum absolute atomic E-state index is 0.0298. The minimum Gasteiger partial charge on any atom is -0.504 e. The van der Waals surface area contributed by atoms with E-state index in [0.717, 1.165) is 37.7 Å². The molecule has 10 unspecified atom stereocenters. The predicted octanol–water partition coefficient (Wildman–Crippen LogP) is 4.41. The van der Waals surface area contributed by atoms with Gasteiger partial charge in [0.25, 0.3) is 0 Å². The molecule has 2 saturated heterocycles. The summed E-state index contributed by atoms with van der Waals surface area (Å²) in [5, 5.41) is 22.3. The average molecular weight is 483 g/mol. The number of carbonyl (C=O) groups excluding carboxylic acids is 2. The number of fused-ring (bicyclic) bond motifs is 6. The van der Waals surface area contributed by atoms with E-state index in [4.69, 9.17) is 9.47 Å². The highest BCUT2D eigenvalue weighted by molar-refractivity contribution is 6.08. The molecule has 2 N–H and O–H groups in total. The van der Waals surface area contributed by atoms with E-state index in [1.165, 1.54) is 0 Å². The largest absolute Gasteiger partial charge is 0.504 e. The number of Topliss-reactive ketones (excluding diaryl/α,β-unsaturated/α-hetero) is 1. The first kappa shape index (κ1) is 22.5. The van der Waals surface area contributed by atoms with E-state index < -0.39 is 39.1 Å². The van der Waals surface area contributed by atoms with Crippen LogP contribution in [0.3, 0.4) is 0 Å². The van der Waals surface area contributed by atoms with Gasteiger partial charge in [0.15, 0.2) is 11.4 Å². The van der Waals surface area contributed by atoms with Crippen molar-refractivity contribution in [2.24, 2.45) is 38.9 Å². The van der Waals surface area contributed by atoms with Crippen molar-refractivity contribution in [3.63, 3.8) is 0 Å². The smallest absolute Gasteiger partial charge is 0.313 e. The topological polar surface area (TPSA) is 96.4 Å². The summed E-state index contributed by atoms with van der Waals surface area (Å²) >= 11 is 0. The van der Waals surface area contributed by atoms with Gasteiger partial charge in [0, 0.05) is 28.2 Å². The Hall–Kier alpha value is -1.66. The van der Waals surface area contributed by atoms with Crippen molar-refractivity contribution in [2.45, 2.75) is 104 Å². The third-order valence-corrected chi connectivity index (χ3v) is 12.6. The molecule has 2 bridgehead atoms. The lowest BCUT2D eigenvalue weighted by atomic mass is 9.32. The van der Waals surface area contributed by atoms with Crippen LogP contribution in [0.5, 0.6) is 0 Å². The van der Waals surface area contributed by atoms with Gasteiger partial charge in [-0.1, -0.05) is 34.6 Å². The summed E-state index contributed by atoms with van der Waals surface area (Å²) in [4.78, 5) is 26.4. The fourth-order valence-corrected chi connectivity index (χ4v) is 10.9. The maximum atomic E-state index is 13.7. The molecule has 6 heteroatoms. The van der Waals surface area contributed by atoms with E-state index in [2.05, 4.69) is 34.6 Å². The minimum atomic E-state index is -0.801. The highest BCUT2D eigenvalue weighted by Gasteiger charge is 2.89. The summed E-state index contributed by atoms with van der Waals surface area (Å²) in [6.07, 6.45) is 5.57. The fraction of sp³-hybridized carbons (Fsp3) is 0.793. The lowest BCUT2D eigenvalue weighted by Gasteiger charge is -2.70. The van der Waals surface area contributed by atoms with Crippen LogP contribution in [0.4, 0.5) is 0 Å². The van der Waals surface area contributed by atoms with Crippen LogP contribution in [-0.4, -0.2) is 45.9 Å². The van der Waals surface area contributed by atoms with E-state index in [1.54, 1.807) is 13.0 Å². The summed E-state index contributed by atoms with van der Waals surface area (Å²) in [7, 11) is 0. The lowest BCUT2D eigenvalue weighted by molar-refractivity contribution is -0.249. The van der Waals surface area contributed by atoms with Crippen LogP contribution in [0.25, 0.3) is 0 Å². The predicted molar refractivity (Wildman–Crippen MR) is 127 cm³/mol. The molecule has 0 aromatic rings. The fourth-order valence-electron chi connectivity index (χ4n) is 10.9. The van der Waals surface area contributed by atoms with Crippen LogP contribution in [0.2, 0.25) is 0 Å². The molecular formula is C29H38O6. The van der Waals surface area contributed by atoms with Crippen molar-refractivity contribution < 1.29 is 29.3 Å². The van der Waals surface area contributed by atoms with Crippen LogP contribution in [0.1, 0.15) is 80.1 Å². The number of rotatable bonds is 0. The second-order valence-electron chi connectivity index (χ2n) is 14.4. The van der Waals surface area contributed by atoms with Crippen molar-refractivity contribution in [3.05, 3.63) is 23.0 Å². The van der Waals surface area contributed by atoms with Crippen LogP contribution in [0.15, 0.2) is 23.0 Å². The number of allylic oxidation sites excluding steroid dienone is 2. The van der Waals surface area contributed by atoms with Crippen LogP contribution in [0, 0.1) is 38.9 Å². The molecule has 0 aromatic heterocycles. The second-order valence-corrected chi connectivity index (χ2v) is 14.4. The van der Waals surface area contributed by atoms with Gasteiger partial charge < -0.3 is 19.7 Å². The van der Waals surface area contributed by atoms with Gasteiger partial charge in [-0.25, -0.2) is 0 Å². The summed E-state index contributed by atoms with van der Waals surface area (Å²) in [5.41, 5.74) is -1.32. The molecule has 6 fully saturated rings. The van der Waals surface area contributed by atoms with Crippen molar-refractivity contribution in [3.8, 4) is 0 Å². The number of aliphatic hydroxyl groups excluding tert-OH is 2. The first-order valence-electron chi connectivity index (χ1n) is 13.4. The molecule has 1 spiro atoms. The monoisotopic (exact) mass is 482 g/mol. The molecule has 5 aliphatic carbocycles. The van der Waals surface area contributed by atoms with Crippen molar-refractivity contribution in [2.75, 3.05) is 0 Å². The van der Waals surface area contributed by atoms with Crippen molar-refractivity contribution in [1.29, 1.82) is 0 Å². The third-order valence-electron chi connectivity index (χ3n) is 12.6. The Morgan fingerprint density at radius 1 is 1.00 bits per heavy atom. The van der Waals surface area contributed by atoms with Gasteiger partial charge in [-0.3, -0.25) is 9.59 Å². The highest BCUT2D eigenvalue weighted by Crippen LogP contribution is 2.82. The molecule has 0 aromatic carbocycles. The first-order chi connectivity index (χ1) is 16.2. The Labute approximate surface area is 207 Å². The number of ether oxygens (including phenoxy) is 2. The van der Waals surface area contributed by atoms with Crippen LogP contribution < -0.4 is 0 Å². The Bertz CT molecular complexity index is 1170. The summed E-state index contributed by atoms with van der Waals surface area (Å²) < 4.78 is 13.3. The number of epoxide rings is 1. The Morgan fingerprint density at radius 2 is 1.69 bits per heavy atom. The number of hydrogen-bond acceptors (Lipinski definition) is 6. The zero-order valence-corrected chi connectivity index (χ0v) is 21.7. The van der Waals surface area contributed by atoms with Gasteiger partial charge in [-0.2, -0.15) is 0 Å². The zero-order valence-electron chi connectivity index (χ0n) is 21.7. The molecule has 35 heavy (non-hydrogen) atoms. The van der Waals surface area contributed by atoms with Gasteiger partial charge in [0.2, 0.25) is 5.78 Å². The quantitative estimate of drug-likeness (QED) is 0.392. The SMILES string of the molecule is CC1=C2C(O)CC3(C)C(C4OC4C45OC(=O)C6(CCC(C)(C)CC64)CCC35C)C2(C)C=C(O)C1=O. The molecule has 0 radical (unpaired) electrons. The second kappa shape index (κ2) is 5.91. The lowest BCUT2D eigenvalue weighted by Crippen LogP contribution is -2.74. The molecule has 190 valence electrons. The van der Waals surface area contributed by atoms with Crippen molar-refractivity contribution in [1.82, 2.24) is 0 Å². The van der Waals surface area contributed by atoms with E-state index >= 15 is 0 Å². The molecule has 7 aliphatic rings. The maximum Gasteiger partial charge on any atom is 0.313 e. The van der Waals surface area contributed by atoms with E-state index in [1.807, 2.05) is 0 Å². The van der Waals surface area contributed by atoms with E-state index in [9.17, 15) is 19.8 Å². The van der Waals surface area contributed by atoms with E-state index in [0.29, 0.717) is 12.0 Å². The Balaban J connectivity index is 1.44. The van der Waals surface area contributed by atoms with Gasteiger partial charge >= 0.3 is 5.97 Å². The number of carbonyl (C=O) groups is 2. The molecule has 7 rings (SSSR count). The molecular weight excluding hydrogens is 444 g/mol. The number of esters is 1. The summed E-state index contributed by atoms with van der Waals surface area (Å²) in [6, 6.07) is 0. The Morgan fingerprint density at radius 3 is 2.40 bits per heavy atom.